The van der Waals surface area contributed by atoms with Crippen LogP contribution in [0, 0.1) is 0 Å². The van der Waals surface area contributed by atoms with Crippen molar-refractivity contribution in [2.45, 2.75) is 19.5 Å². The van der Waals surface area contributed by atoms with Gasteiger partial charge in [0.15, 0.2) is 0 Å². The van der Waals surface area contributed by atoms with Gasteiger partial charge in [0.2, 0.25) is 0 Å². The average molecular weight is 412 g/mol. The molecule has 0 fully saturated rings. The lowest BCUT2D eigenvalue weighted by molar-refractivity contribution is 0.0736. The summed E-state index contributed by atoms with van der Waals surface area (Å²) in [6, 6.07) is 12.6. The zero-order chi connectivity index (χ0) is 19.5. The third-order valence-corrected chi connectivity index (χ3v) is 6.16. The van der Waals surface area contributed by atoms with E-state index in [-0.39, 0.29) is 11.8 Å². The van der Waals surface area contributed by atoms with Crippen LogP contribution in [0.3, 0.4) is 0 Å². The van der Waals surface area contributed by atoms with Crippen molar-refractivity contribution < 1.29 is 9.59 Å². The maximum absolute atomic E-state index is 12.7. The Kier molecular flexibility index (Phi) is 5.41. The third kappa shape index (κ3) is 4.08. The number of fused-ring (bicyclic) bond motifs is 1. The van der Waals surface area contributed by atoms with Crippen LogP contribution in [-0.4, -0.2) is 28.2 Å². The Bertz CT molecular complexity index is 1000. The number of carbonyl (C=O) groups is 2. The molecule has 142 valence electrons. The first kappa shape index (κ1) is 18.7. The second-order valence-corrected chi connectivity index (χ2v) is 8.15. The number of hydrogen-bond donors (Lipinski definition) is 1. The number of hydrogen-bond acceptors (Lipinski definition) is 4. The Labute approximate surface area is 172 Å². The summed E-state index contributed by atoms with van der Waals surface area (Å²) in [6.45, 7) is 1.63. The zero-order valence-corrected chi connectivity index (χ0v) is 16.6. The number of benzene rings is 1. The highest BCUT2D eigenvalue weighted by Gasteiger charge is 2.25. The maximum atomic E-state index is 12.7. The quantitative estimate of drug-likeness (QED) is 0.707. The van der Waals surface area contributed by atoms with E-state index in [1.54, 1.807) is 36.7 Å². The van der Waals surface area contributed by atoms with Gasteiger partial charge in [-0.3, -0.25) is 14.6 Å². The summed E-state index contributed by atoms with van der Waals surface area (Å²) in [7, 11) is 0. The van der Waals surface area contributed by atoms with Crippen LogP contribution in [0.15, 0.2) is 54.9 Å². The number of aromatic nitrogens is 1. The van der Waals surface area contributed by atoms with Crippen molar-refractivity contribution in [3.05, 3.63) is 86.3 Å². The molecule has 2 amide bonds. The smallest absolute Gasteiger partial charge is 0.261 e. The van der Waals surface area contributed by atoms with Crippen molar-refractivity contribution in [1.29, 1.82) is 0 Å². The second kappa shape index (κ2) is 8.12. The molecule has 28 heavy (non-hydrogen) atoms. The van der Waals surface area contributed by atoms with Crippen molar-refractivity contribution in [1.82, 2.24) is 15.2 Å². The van der Waals surface area contributed by atoms with Gasteiger partial charge in [-0.1, -0.05) is 11.6 Å². The second-order valence-electron chi connectivity index (χ2n) is 6.58. The lowest BCUT2D eigenvalue weighted by Gasteiger charge is -2.27. The Balaban J connectivity index is 1.42. The maximum Gasteiger partial charge on any atom is 0.261 e. The summed E-state index contributed by atoms with van der Waals surface area (Å²) in [5.41, 5.74) is 2.68. The number of nitrogens with zero attached hydrogens (tertiary/aromatic N) is 2. The van der Waals surface area contributed by atoms with Gasteiger partial charge in [0.05, 0.1) is 4.88 Å². The standard InChI is InChI=1S/C21H18ClN3O2S/c22-17-3-1-15(2-4-17)21(27)25-10-7-18-16(13-25)11-19(28-18)20(26)24-12-14-5-8-23-9-6-14/h1-6,8-9,11H,7,10,12-13H2,(H,24,26). The minimum absolute atomic E-state index is 0.0165. The summed E-state index contributed by atoms with van der Waals surface area (Å²) in [4.78, 5) is 32.9. The highest BCUT2D eigenvalue weighted by Crippen LogP contribution is 2.29. The van der Waals surface area contributed by atoms with Crippen LogP contribution in [0.5, 0.6) is 0 Å². The van der Waals surface area contributed by atoms with Crippen LogP contribution in [0.2, 0.25) is 5.02 Å². The molecule has 0 aliphatic carbocycles. The fourth-order valence-corrected chi connectivity index (χ4v) is 4.37. The van der Waals surface area contributed by atoms with Gasteiger partial charge in [-0.05, 0) is 60.0 Å². The number of carbonyl (C=O) groups excluding carboxylic acids is 2. The van der Waals surface area contributed by atoms with Crippen LogP contribution in [0.1, 0.15) is 36.0 Å². The van der Waals surface area contributed by atoms with Gasteiger partial charge in [0.25, 0.3) is 11.8 Å². The van der Waals surface area contributed by atoms with Crippen molar-refractivity contribution in [3.8, 4) is 0 Å². The molecule has 1 aliphatic heterocycles. The summed E-state index contributed by atoms with van der Waals surface area (Å²) in [6.07, 6.45) is 4.17. The molecule has 1 aromatic carbocycles. The molecule has 1 aliphatic rings. The Morgan fingerprint density at radius 3 is 2.64 bits per heavy atom. The molecule has 0 radical (unpaired) electrons. The molecule has 0 atom stereocenters. The molecule has 0 spiro atoms. The molecule has 4 rings (SSSR count). The van der Waals surface area contributed by atoms with Gasteiger partial charge in [-0.15, -0.1) is 11.3 Å². The fourth-order valence-electron chi connectivity index (χ4n) is 3.16. The highest BCUT2D eigenvalue weighted by molar-refractivity contribution is 7.14. The SMILES string of the molecule is O=C(NCc1ccncc1)c1cc2c(s1)CCN(C(=O)c1ccc(Cl)cc1)C2. The van der Waals surface area contributed by atoms with Crippen LogP contribution in [0.25, 0.3) is 0 Å². The minimum Gasteiger partial charge on any atom is -0.347 e. The molecular weight excluding hydrogens is 394 g/mol. The van der Waals surface area contributed by atoms with Gasteiger partial charge in [0.1, 0.15) is 0 Å². The van der Waals surface area contributed by atoms with Crippen LogP contribution < -0.4 is 5.32 Å². The van der Waals surface area contributed by atoms with Gasteiger partial charge in [-0.2, -0.15) is 0 Å². The van der Waals surface area contributed by atoms with Crippen LogP contribution >= 0.6 is 22.9 Å². The predicted molar refractivity (Wildman–Crippen MR) is 110 cm³/mol. The molecule has 5 nitrogen and oxygen atoms in total. The predicted octanol–water partition coefficient (Wildman–Crippen LogP) is 3.93. The number of pyridine rings is 1. The molecule has 0 unspecified atom stereocenters. The van der Waals surface area contributed by atoms with E-state index in [0.29, 0.717) is 35.1 Å². The van der Waals surface area contributed by atoms with E-state index in [2.05, 4.69) is 10.3 Å². The molecule has 1 N–H and O–H groups in total. The van der Waals surface area contributed by atoms with E-state index in [4.69, 9.17) is 11.6 Å². The van der Waals surface area contributed by atoms with E-state index < -0.39 is 0 Å². The van der Waals surface area contributed by atoms with E-state index in [1.807, 2.05) is 23.1 Å². The Hall–Kier alpha value is -2.70. The van der Waals surface area contributed by atoms with Crippen molar-refractivity contribution in [2.75, 3.05) is 6.54 Å². The first-order valence-electron chi connectivity index (χ1n) is 8.93. The first-order chi connectivity index (χ1) is 13.6. The number of amides is 2. The number of nitrogens with one attached hydrogen (secondary N) is 1. The van der Waals surface area contributed by atoms with Gasteiger partial charge in [0, 0.05) is 47.5 Å². The molecule has 0 bridgehead atoms. The average Bonchev–Trinajstić information content (AvgIpc) is 3.16. The largest absolute Gasteiger partial charge is 0.347 e. The lowest BCUT2D eigenvalue weighted by Crippen LogP contribution is -2.35. The fraction of sp³-hybridized carbons (Fsp3) is 0.190. The zero-order valence-electron chi connectivity index (χ0n) is 15.0. The van der Waals surface area contributed by atoms with E-state index in [0.717, 1.165) is 17.5 Å². The molecule has 2 aromatic heterocycles. The Morgan fingerprint density at radius 2 is 1.89 bits per heavy atom. The van der Waals surface area contributed by atoms with Crippen molar-refractivity contribution in [3.63, 3.8) is 0 Å². The third-order valence-electron chi connectivity index (χ3n) is 4.67. The molecule has 0 saturated heterocycles. The van der Waals surface area contributed by atoms with Crippen molar-refractivity contribution in [2.24, 2.45) is 0 Å². The number of thiophene rings is 1. The normalized spacial score (nSPS) is 13.1. The topological polar surface area (TPSA) is 62.3 Å². The van der Waals surface area contributed by atoms with Crippen molar-refractivity contribution >= 4 is 34.8 Å². The summed E-state index contributed by atoms with van der Waals surface area (Å²) >= 11 is 7.41. The molecule has 3 aromatic rings. The van der Waals surface area contributed by atoms with E-state index in [9.17, 15) is 9.59 Å². The lowest BCUT2D eigenvalue weighted by atomic mass is 10.1. The van der Waals surface area contributed by atoms with E-state index in [1.165, 1.54) is 16.2 Å². The molecule has 3 heterocycles. The highest BCUT2D eigenvalue weighted by atomic mass is 35.5. The molecular formula is C21H18ClN3O2S. The van der Waals surface area contributed by atoms with Gasteiger partial charge >= 0.3 is 0 Å². The first-order valence-corrected chi connectivity index (χ1v) is 10.1. The summed E-state index contributed by atoms with van der Waals surface area (Å²) in [5, 5.41) is 3.55. The summed E-state index contributed by atoms with van der Waals surface area (Å²) < 4.78 is 0. The number of halogens is 1. The minimum atomic E-state index is -0.0909. The van der Waals surface area contributed by atoms with E-state index >= 15 is 0 Å². The summed E-state index contributed by atoms with van der Waals surface area (Å²) in [5.74, 6) is -0.107. The number of rotatable bonds is 4. The van der Waals surface area contributed by atoms with Crippen LogP contribution in [0.4, 0.5) is 0 Å². The van der Waals surface area contributed by atoms with Crippen LogP contribution in [-0.2, 0) is 19.5 Å². The molecule has 0 saturated carbocycles. The molecule has 7 heteroatoms. The Morgan fingerprint density at radius 1 is 1.14 bits per heavy atom. The van der Waals surface area contributed by atoms with Gasteiger partial charge in [-0.25, -0.2) is 0 Å². The monoisotopic (exact) mass is 411 g/mol. The van der Waals surface area contributed by atoms with Gasteiger partial charge < -0.3 is 10.2 Å².